The van der Waals surface area contributed by atoms with Gasteiger partial charge in [-0.15, -0.1) is 0 Å². The molecule has 2 atom stereocenters. The number of hydrogen-bond donors (Lipinski definition) is 3. The van der Waals surface area contributed by atoms with Crippen LogP contribution in [0.2, 0.25) is 0 Å². The van der Waals surface area contributed by atoms with Crippen molar-refractivity contribution in [2.24, 2.45) is 11.8 Å². The van der Waals surface area contributed by atoms with Crippen LogP contribution in [0.1, 0.15) is 23.2 Å². The van der Waals surface area contributed by atoms with E-state index in [1.807, 2.05) is 0 Å². The number of rotatable bonds is 9. The number of nitrogens with one attached hydrogen (secondary N) is 2. The lowest BCUT2D eigenvalue weighted by molar-refractivity contribution is -0.146. The number of hydrogen-bond acceptors (Lipinski definition) is 7. The van der Waals surface area contributed by atoms with Gasteiger partial charge in [-0.3, -0.25) is 14.4 Å². The average Bonchev–Trinajstić information content (AvgIpc) is 2.87. The molecule has 1 aliphatic rings. The van der Waals surface area contributed by atoms with Gasteiger partial charge in [0.15, 0.2) is 18.1 Å². The van der Waals surface area contributed by atoms with Gasteiger partial charge in [0.1, 0.15) is 0 Å². The smallest absolute Gasteiger partial charge is 0.338 e. The largest absolute Gasteiger partial charge is 0.493 e. The SMILES string of the molecule is COc1ccc(NC(=O)COC(=O)c2ccc(NC(=O)C3CC=CCC3C(=O)O)cc2)cc1OC. The zero-order valence-corrected chi connectivity index (χ0v) is 19.3. The van der Waals surface area contributed by atoms with Gasteiger partial charge < -0.3 is 30.0 Å². The Labute approximate surface area is 201 Å². The summed E-state index contributed by atoms with van der Waals surface area (Å²) in [6, 6.07) is 10.7. The highest BCUT2D eigenvalue weighted by atomic mass is 16.5. The predicted octanol–water partition coefficient (Wildman–Crippen LogP) is 3.10. The third-order valence-corrected chi connectivity index (χ3v) is 5.48. The number of methoxy groups -OCH3 is 2. The van der Waals surface area contributed by atoms with E-state index >= 15 is 0 Å². The standard InChI is InChI=1S/C25H26N2O8/c1-33-20-12-11-17(13-21(20)34-2)26-22(28)14-35-25(32)15-7-9-16(10-8-15)27-23(29)18-5-3-4-6-19(18)24(30)31/h3-4,7-13,18-19H,5-6,14H2,1-2H3,(H,26,28)(H,27,29)(H,30,31). The van der Waals surface area contributed by atoms with Crippen LogP contribution in [0.15, 0.2) is 54.6 Å². The molecule has 0 saturated heterocycles. The summed E-state index contributed by atoms with van der Waals surface area (Å²) < 4.78 is 15.4. The highest BCUT2D eigenvalue weighted by molar-refractivity contribution is 5.97. The van der Waals surface area contributed by atoms with E-state index in [0.29, 0.717) is 35.7 Å². The molecule has 3 N–H and O–H groups in total. The average molecular weight is 482 g/mol. The van der Waals surface area contributed by atoms with Gasteiger partial charge in [0, 0.05) is 17.4 Å². The van der Waals surface area contributed by atoms with Crippen LogP contribution in [-0.2, 0) is 19.1 Å². The van der Waals surface area contributed by atoms with E-state index in [-0.39, 0.29) is 5.56 Å². The topological polar surface area (TPSA) is 140 Å². The number of ether oxygens (including phenoxy) is 3. The molecule has 0 aliphatic heterocycles. The molecule has 2 amide bonds. The zero-order valence-electron chi connectivity index (χ0n) is 19.3. The molecule has 1 aliphatic carbocycles. The van der Waals surface area contributed by atoms with Crippen molar-refractivity contribution in [1.29, 1.82) is 0 Å². The van der Waals surface area contributed by atoms with Crippen molar-refractivity contribution in [3.63, 3.8) is 0 Å². The van der Waals surface area contributed by atoms with E-state index in [1.165, 1.54) is 38.5 Å². The molecule has 184 valence electrons. The fourth-order valence-electron chi connectivity index (χ4n) is 3.63. The Morgan fingerprint density at radius 2 is 1.49 bits per heavy atom. The summed E-state index contributed by atoms with van der Waals surface area (Å²) in [6.07, 6.45) is 4.21. The van der Waals surface area contributed by atoms with Crippen molar-refractivity contribution in [2.45, 2.75) is 12.8 Å². The summed E-state index contributed by atoms with van der Waals surface area (Å²) in [4.78, 5) is 48.4. The van der Waals surface area contributed by atoms with Crippen LogP contribution < -0.4 is 20.1 Å². The molecule has 0 spiro atoms. The van der Waals surface area contributed by atoms with Crippen molar-refractivity contribution in [3.05, 3.63) is 60.2 Å². The first-order chi connectivity index (χ1) is 16.8. The quantitative estimate of drug-likeness (QED) is 0.366. The number of amides is 2. The number of aliphatic carboxylic acids is 1. The number of carboxylic acids is 1. The molecule has 2 unspecified atom stereocenters. The highest BCUT2D eigenvalue weighted by Crippen LogP contribution is 2.30. The van der Waals surface area contributed by atoms with Crippen molar-refractivity contribution >= 4 is 35.1 Å². The maximum atomic E-state index is 12.5. The van der Waals surface area contributed by atoms with Gasteiger partial charge in [-0.1, -0.05) is 12.2 Å². The van der Waals surface area contributed by atoms with Crippen molar-refractivity contribution in [3.8, 4) is 11.5 Å². The van der Waals surface area contributed by atoms with Gasteiger partial charge in [0.25, 0.3) is 5.91 Å². The third kappa shape index (κ3) is 6.59. The van der Waals surface area contributed by atoms with Gasteiger partial charge in [-0.25, -0.2) is 4.79 Å². The zero-order chi connectivity index (χ0) is 25.4. The van der Waals surface area contributed by atoms with Crippen molar-refractivity contribution < 1.29 is 38.5 Å². The molecule has 10 heteroatoms. The first kappa shape index (κ1) is 25.3. The predicted molar refractivity (Wildman–Crippen MR) is 127 cm³/mol. The minimum Gasteiger partial charge on any atom is -0.493 e. The normalized spacial score (nSPS) is 16.6. The highest BCUT2D eigenvalue weighted by Gasteiger charge is 2.33. The Bertz CT molecular complexity index is 1130. The van der Waals surface area contributed by atoms with Gasteiger partial charge >= 0.3 is 11.9 Å². The number of carbonyl (C=O) groups excluding carboxylic acids is 3. The Balaban J connectivity index is 1.51. The molecule has 0 aromatic heterocycles. The van der Waals surface area contributed by atoms with Gasteiger partial charge in [0.05, 0.1) is 31.6 Å². The molecule has 10 nitrogen and oxygen atoms in total. The van der Waals surface area contributed by atoms with Crippen LogP contribution in [-0.4, -0.2) is 49.7 Å². The summed E-state index contributed by atoms with van der Waals surface area (Å²) in [6.45, 7) is -0.503. The Kier molecular flexibility index (Phi) is 8.44. The van der Waals surface area contributed by atoms with Crippen molar-refractivity contribution in [1.82, 2.24) is 0 Å². The molecule has 2 aromatic carbocycles. The van der Waals surface area contributed by atoms with Crippen LogP contribution in [0.3, 0.4) is 0 Å². The first-order valence-electron chi connectivity index (χ1n) is 10.8. The number of allylic oxidation sites excluding steroid dienone is 2. The van der Waals surface area contributed by atoms with Crippen molar-refractivity contribution in [2.75, 3.05) is 31.5 Å². The fraction of sp³-hybridized carbons (Fsp3) is 0.280. The lowest BCUT2D eigenvalue weighted by atomic mass is 9.82. The second kappa shape index (κ2) is 11.7. The van der Waals surface area contributed by atoms with Crippen LogP contribution in [0.4, 0.5) is 11.4 Å². The van der Waals surface area contributed by atoms with Crippen LogP contribution in [0.5, 0.6) is 11.5 Å². The van der Waals surface area contributed by atoms with E-state index in [9.17, 15) is 24.3 Å². The van der Waals surface area contributed by atoms with E-state index in [4.69, 9.17) is 14.2 Å². The molecule has 0 radical (unpaired) electrons. The Hall–Kier alpha value is -4.34. The molecule has 0 heterocycles. The van der Waals surface area contributed by atoms with E-state index in [2.05, 4.69) is 10.6 Å². The fourth-order valence-corrected chi connectivity index (χ4v) is 3.63. The maximum absolute atomic E-state index is 12.5. The molecular weight excluding hydrogens is 456 g/mol. The Morgan fingerprint density at radius 1 is 0.857 bits per heavy atom. The van der Waals surface area contributed by atoms with Crippen LogP contribution in [0.25, 0.3) is 0 Å². The van der Waals surface area contributed by atoms with E-state index in [1.54, 1.807) is 30.4 Å². The molecule has 0 fully saturated rings. The third-order valence-electron chi connectivity index (χ3n) is 5.48. The van der Waals surface area contributed by atoms with E-state index < -0.39 is 42.2 Å². The molecule has 0 bridgehead atoms. The summed E-state index contributed by atoms with van der Waals surface area (Å²) >= 11 is 0. The molecule has 0 saturated carbocycles. The number of anilines is 2. The summed E-state index contributed by atoms with van der Waals surface area (Å²) in [5.74, 6) is -3.17. The minimum atomic E-state index is -1.01. The summed E-state index contributed by atoms with van der Waals surface area (Å²) in [5, 5.41) is 14.6. The van der Waals surface area contributed by atoms with E-state index in [0.717, 1.165) is 0 Å². The Morgan fingerprint density at radius 3 is 2.11 bits per heavy atom. The number of carbonyl (C=O) groups is 4. The molecule has 2 aromatic rings. The number of carboxylic acid groups (broad SMARTS) is 1. The maximum Gasteiger partial charge on any atom is 0.338 e. The van der Waals surface area contributed by atoms with Gasteiger partial charge in [-0.2, -0.15) is 0 Å². The summed E-state index contributed by atoms with van der Waals surface area (Å²) in [7, 11) is 2.97. The molecular formula is C25H26N2O8. The van der Waals surface area contributed by atoms with Crippen LogP contribution in [0, 0.1) is 11.8 Å². The lowest BCUT2D eigenvalue weighted by Crippen LogP contribution is -2.34. The number of benzene rings is 2. The first-order valence-corrected chi connectivity index (χ1v) is 10.8. The molecule has 35 heavy (non-hydrogen) atoms. The second-order valence-electron chi connectivity index (χ2n) is 7.75. The van der Waals surface area contributed by atoms with Gasteiger partial charge in [0.2, 0.25) is 5.91 Å². The second-order valence-corrected chi connectivity index (χ2v) is 7.75. The molecule has 3 rings (SSSR count). The monoisotopic (exact) mass is 482 g/mol. The summed E-state index contributed by atoms with van der Waals surface area (Å²) in [5.41, 5.74) is 1.05. The van der Waals surface area contributed by atoms with Gasteiger partial charge in [-0.05, 0) is 49.2 Å². The lowest BCUT2D eigenvalue weighted by Gasteiger charge is -2.24. The number of esters is 1. The van der Waals surface area contributed by atoms with Crippen LogP contribution >= 0.6 is 0 Å². The minimum absolute atomic E-state index is 0.186.